The van der Waals surface area contributed by atoms with E-state index in [1.54, 1.807) is 11.7 Å². The molecule has 0 spiro atoms. The van der Waals surface area contributed by atoms with Crippen LogP contribution >= 0.6 is 11.3 Å². The first-order valence-corrected chi connectivity index (χ1v) is 12.0. The van der Waals surface area contributed by atoms with Gasteiger partial charge in [-0.1, -0.05) is 48.5 Å². The molecule has 0 radical (unpaired) electrons. The molecule has 1 heterocycles. The maximum absolute atomic E-state index is 12.2. The maximum Gasteiger partial charge on any atom is 0.407 e. The van der Waals surface area contributed by atoms with Crippen molar-refractivity contribution in [3.05, 3.63) is 76.2 Å². The number of nitrogens with zero attached hydrogens (tertiary/aromatic N) is 1. The Labute approximate surface area is 205 Å². The van der Waals surface area contributed by atoms with E-state index in [4.69, 9.17) is 4.74 Å². The van der Waals surface area contributed by atoms with Crippen molar-refractivity contribution in [3.8, 4) is 11.1 Å². The van der Waals surface area contributed by atoms with E-state index in [0.717, 1.165) is 27.1 Å². The molecular formula is C25H25N3O6S. The Morgan fingerprint density at radius 2 is 1.71 bits per heavy atom. The Balaban J connectivity index is 1.23. The van der Waals surface area contributed by atoms with Gasteiger partial charge in [0.2, 0.25) is 5.91 Å². The molecule has 1 aromatic heterocycles. The second kappa shape index (κ2) is 11.1. The summed E-state index contributed by atoms with van der Waals surface area (Å²) in [5.41, 5.74) is 5.99. The summed E-state index contributed by atoms with van der Waals surface area (Å²) in [5.74, 6) is -1.91. The molecule has 9 nitrogen and oxygen atoms in total. The molecule has 182 valence electrons. The molecule has 0 aliphatic heterocycles. The number of aliphatic hydroxyl groups is 1. The summed E-state index contributed by atoms with van der Waals surface area (Å²) in [6.07, 6.45) is -0.635. The summed E-state index contributed by atoms with van der Waals surface area (Å²) in [6.45, 7) is -0.0784. The lowest BCUT2D eigenvalue weighted by Gasteiger charge is -2.17. The molecule has 1 aliphatic carbocycles. The Kier molecular flexibility index (Phi) is 7.74. The van der Waals surface area contributed by atoms with Crippen molar-refractivity contribution in [2.24, 2.45) is 0 Å². The van der Waals surface area contributed by atoms with Gasteiger partial charge in [-0.15, -0.1) is 11.3 Å². The van der Waals surface area contributed by atoms with Crippen molar-refractivity contribution in [2.45, 2.75) is 30.9 Å². The molecule has 4 rings (SSSR count). The number of amides is 2. The molecule has 1 aliphatic rings. The summed E-state index contributed by atoms with van der Waals surface area (Å²) in [5, 5.41) is 24.3. The average molecular weight is 496 g/mol. The van der Waals surface area contributed by atoms with Crippen LogP contribution in [-0.2, 0) is 20.7 Å². The first-order chi connectivity index (χ1) is 16.9. The molecule has 2 aromatic carbocycles. The van der Waals surface area contributed by atoms with Crippen LogP contribution in [-0.4, -0.2) is 58.5 Å². The van der Waals surface area contributed by atoms with E-state index >= 15 is 0 Å². The second-order valence-corrected chi connectivity index (χ2v) is 9.17. The van der Waals surface area contributed by atoms with Gasteiger partial charge in [-0.3, -0.25) is 9.78 Å². The lowest BCUT2D eigenvalue weighted by molar-refractivity contribution is -0.142. The van der Waals surface area contributed by atoms with Crippen LogP contribution in [0, 0.1) is 0 Å². The third-order valence-electron chi connectivity index (χ3n) is 5.77. The predicted molar refractivity (Wildman–Crippen MR) is 129 cm³/mol. The van der Waals surface area contributed by atoms with Crippen molar-refractivity contribution in [2.75, 3.05) is 13.2 Å². The van der Waals surface area contributed by atoms with Crippen molar-refractivity contribution in [1.29, 1.82) is 0 Å². The number of ether oxygens (including phenoxy) is 1. The largest absolute Gasteiger partial charge is 0.480 e. The fourth-order valence-corrected chi connectivity index (χ4v) is 4.78. The van der Waals surface area contributed by atoms with Crippen LogP contribution in [0.4, 0.5) is 4.79 Å². The number of hydrogen-bond donors (Lipinski definition) is 4. The van der Waals surface area contributed by atoms with Crippen molar-refractivity contribution in [1.82, 2.24) is 15.6 Å². The van der Waals surface area contributed by atoms with Crippen molar-refractivity contribution >= 4 is 29.3 Å². The third-order valence-corrected chi connectivity index (χ3v) is 6.57. The normalized spacial score (nSPS) is 13.9. The third kappa shape index (κ3) is 6.03. The van der Waals surface area contributed by atoms with Crippen molar-refractivity contribution in [3.63, 3.8) is 0 Å². The second-order valence-electron chi connectivity index (χ2n) is 8.19. The number of thiazole rings is 1. The zero-order valence-corrected chi connectivity index (χ0v) is 19.5. The quantitative estimate of drug-likeness (QED) is 0.339. The van der Waals surface area contributed by atoms with Crippen LogP contribution in [0.25, 0.3) is 11.1 Å². The number of carboxylic acids is 1. The number of aromatic nitrogens is 1. The molecule has 2 amide bonds. The van der Waals surface area contributed by atoms with Gasteiger partial charge in [0.25, 0.3) is 0 Å². The number of alkyl carbamates (subject to hydrolysis) is 1. The Morgan fingerprint density at radius 3 is 2.31 bits per heavy atom. The highest BCUT2D eigenvalue weighted by atomic mass is 32.1. The van der Waals surface area contributed by atoms with E-state index in [9.17, 15) is 24.6 Å². The van der Waals surface area contributed by atoms with Gasteiger partial charge in [-0.05, 0) is 22.3 Å². The number of fused-ring (bicyclic) bond motifs is 3. The average Bonchev–Trinajstić information content (AvgIpc) is 3.47. The lowest BCUT2D eigenvalue weighted by atomic mass is 9.98. The highest BCUT2D eigenvalue weighted by molar-refractivity contribution is 7.09. The van der Waals surface area contributed by atoms with E-state index < -0.39 is 30.1 Å². The fourth-order valence-electron chi connectivity index (χ4n) is 4.13. The summed E-state index contributed by atoms with van der Waals surface area (Å²) >= 11 is 1.29. The number of nitrogens with one attached hydrogen (secondary N) is 2. The van der Waals surface area contributed by atoms with E-state index in [0.29, 0.717) is 0 Å². The molecule has 2 unspecified atom stereocenters. The minimum absolute atomic E-state index is 0.0876. The molecule has 0 saturated heterocycles. The summed E-state index contributed by atoms with van der Waals surface area (Å²) in [4.78, 5) is 40.4. The molecule has 0 bridgehead atoms. The molecule has 4 N–H and O–H groups in total. The van der Waals surface area contributed by atoms with E-state index in [1.165, 1.54) is 11.3 Å². The minimum Gasteiger partial charge on any atom is -0.480 e. The zero-order valence-electron chi connectivity index (χ0n) is 18.7. The molecule has 35 heavy (non-hydrogen) atoms. The lowest BCUT2D eigenvalue weighted by Crippen LogP contribution is -2.44. The van der Waals surface area contributed by atoms with Crippen LogP contribution in [0.1, 0.15) is 28.3 Å². The van der Waals surface area contributed by atoms with Crippen LogP contribution < -0.4 is 10.6 Å². The Hall–Kier alpha value is -3.76. The maximum atomic E-state index is 12.2. The summed E-state index contributed by atoms with van der Waals surface area (Å²) in [7, 11) is 0. The monoisotopic (exact) mass is 495 g/mol. The minimum atomic E-state index is -1.20. The van der Waals surface area contributed by atoms with Gasteiger partial charge in [0.05, 0.1) is 18.0 Å². The molecule has 2 atom stereocenters. The van der Waals surface area contributed by atoms with Gasteiger partial charge in [0, 0.05) is 30.0 Å². The number of carboxylic acid groups (broad SMARTS) is 1. The SMILES string of the molecule is O=C(CC(O)CNC(=O)OCC1c2ccccc2-c2ccccc21)NC(Cc1cncs1)C(=O)O. The number of aliphatic hydroxyl groups excluding tert-OH is 1. The smallest absolute Gasteiger partial charge is 0.407 e. The predicted octanol–water partition coefficient (Wildman–Crippen LogP) is 2.54. The fraction of sp³-hybridized carbons (Fsp3) is 0.280. The van der Waals surface area contributed by atoms with Gasteiger partial charge >= 0.3 is 12.1 Å². The molecule has 3 aromatic rings. The van der Waals surface area contributed by atoms with Gasteiger partial charge in [0.1, 0.15) is 12.6 Å². The molecular weight excluding hydrogens is 470 g/mol. The van der Waals surface area contributed by atoms with Crippen LogP contribution in [0.2, 0.25) is 0 Å². The van der Waals surface area contributed by atoms with Crippen LogP contribution in [0.5, 0.6) is 0 Å². The van der Waals surface area contributed by atoms with Crippen molar-refractivity contribution < 1.29 is 29.3 Å². The van der Waals surface area contributed by atoms with Gasteiger partial charge in [-0.25, -0.2) is 9.59 Å². The van der Waals surface area contributed by atoms with E-state index in [1.807, 2.05) is 48.5 Å². The topological polar surface area (TPSA) is 138 Å². The van der Waals surface area contributed by atoms with E-state index in [2.05, 4.69) is 15.6 Å². The standard InChI is InChI=1S/C25H25N3O6S/c29-15(9-23(30)28-22(24(31)32)10-16-12-26-14-35-16)11-27-25(33)34-13-21-19-7-3-1-5-17(19)18-6-2-4-8-20(18)21/h1-8,12,14-15,21-22,29H,9-11,13H2,(H,27,33)(H,28,30)(H,31,32). The van der Waals surface area contributed by atoms with Gasteiger partial charge < -0.3 is 25.6 Å². The highest BCUT2D eigenvalue weighted by Crippen LogP contribution is 2.44. The molecule has 0 saturated carbocycles. The Bertz CT molecular complexity index is 1150. The number of rotatable bonds is 10. The highest BCUT2D eigenvalue weighted by Gasteiger charge is 2.29. The number of carbonyl (C=O) groups is 3. The first-order valence-electron chi connectivity index (χ1n) is 11.1. The molecule has 10 heteroatoms. The number of hydrogen-bond acceptors (Lipinski definition) is 7. The van der Waals surface area contributed by atoms with Gasteiger partial charge in [0.15, 0.2) is 0 Å². The Morgan fingerprint density at radius 1 is 1.06 bits per heavy atom. The van der Waals surface area contributed by atoms with E-state index in [-0.39, 0.29) is 31.9 Å². The number of benzene rings is 2. The number of aliphatic carboxylic acids is 1. The van der Waals surface area contributed by atoms with Gasteiger partial charge in [-0.2, -0.15) is 0 Å². The van der Waals surface area contributed by atoms with Crippen LogP contribution in [0.3, 0.4) is 0 Å². The summed E-state index contributed by atoms with van der Waals surface area (Å²) < 4.78 is 5.41. The number of carbonyl (C=O) groups excluding carboxylic acids is 2. The zero-order chi connectivity index (χ0) is 24.8. The molecule has 0 fully saturated rings. The first kappa shape index (κ1) is 24.4. The summed E-state index contributed by atoms with van der Waals surface area (Å²) in [6, 6.07) is 14.8. The van der Waals surface area contributed by atoms with Crippen LogP contribution in [0.15, 0.2) is 60.2 Å².